The molecule has 2 unspecified atom stereocenters. The van der Waals surface area contributed by atoms with E-state index in [1.165, 1.54) is 0 Å². The minimum atomic E-state index is -0.585. The summed E-state index contributed by atoms with van der Waals surface area (Å²) in [6.45, 7) is 7.43. The fourth-order valence-corrected chi connectivity index (χ4v) is 3.15. The van der Waals surface area contributed by atoms with E-state index < -0.39 is 6.10 Å². The number of aliphatic hydroxyl groups excluding tert-OH is 1. The standard InChI is InChI=1S/C17H25NO2/c1-4-5-14-9-17(20)18(10-14)11-16(19)15-7-12(2)6-13(3)8-15/h6-8,14,16,19H,4-5,9-11H2,1-3H3. The van der Waals surface area contributed by atoms with Gasteiger partial charge in [-0.15, -0.1) is 0 Å². The lowest BCUT2D eigenvalue weighted by Gasteiger charge is -2.21. The van der Waals surface area contributed by atoms with Gasteiger partial charge in [-0.3, -0.25) is 4.79 Å². The van der Waals surface area contributed by atoms with Gasteiger partial charge in [0.25, 0.3) is 0 Å². The molecule has 1 aliphatic rings. The van der Waals surface area contributed by atoms with Crippen LogP contribution in [-0.4, -0.2) is 29.0 Å². The number of hydrogen-bond donors (Lipinski definition) is 1. The minimum Gasteiger partial charge on any atom is -0.387 e. The maximum absolute atomic E-state index is 12.0. The van der Waals surface area contributed by atoms with Crippen LogP contribution in [0.3, 0.4) is 0 Å². The number of likely N-dealkylation sites (tertiary alicyclic amines) is 1. The van der Waals surface area contributed by atoms with Gasteiger partial charge in [0.1, 0.15) is 0 Å². The van der Waals surface area contributed by atoms with E-state index in [0.717, 1.165) is 36.1 Å². The van der Waals surface area contributed by atoms with Crippen LogP contribution in [0.15, 0.2) is 18.2 Å². The number of carbonyl (C=O) groups excluding carboxylic acids is 1. The van der Waals surface area contributed by atoms with Crippen molar-refractivity contribution in [3.8, 4) is 0 Å². The summed E-state index contributed by atoms with van der Waals surface area (Å²) in [5.74, 6) is 0.658. The molecule has 0 aliphatic carbocycles. The first kappa shape index (κ1) is 15.0. The zero-order chi connectivity index (χ0) is 14.7. The summed E-state index contributed by atoms with van der Waals surface area (Å²) in [6.07, 6.45) is 2.28. The van der Waals surface area contributed by atoms with E-state index in [4.69, 9.17) is 0 Å². The molecule has 1 fully saturated rings. The molecule has 1 heterocycles. The van der Waals surface area contributed by atoms with Crippen LogP contribution in [0.5, 0.6) is 0 Å². The van der Waals surface area contributed by atoms with Crippen LogP contribution >= 0.6 is 0 Å². The lowest BCUT2D eigenvalue weighted by molar-refractivity contribution is -0.129. The normalized spacial score (nSPS) is 20.5. The molecule has 3 heteroatoms. The van der Waals surface area contributed by atoms with Gasteiger partial charge in [-0.25, -0.2) is 0 Å². The third-order valence-corrected chi connectivity index (χ3v) is 4.01. The second kappa shape index (κ2) is 6.40. The molecule has 20 heavy (non-hydrogen) atoms. The largest absolute Gasteiger partial charge is 0.387 e. The summed E-state index contributed by atoms with van der Waals surface area (Å²) in [6, 6.07) is 6.10. The molecular weight excluding hydrogens is 250 g/mol. The maximum Gasteiger partial charge on any atom is 0.223 e. The van der Waals surface area contributed by atoms with E-state index in [-0.39, 0.29) is 5.91 Å². The third-order valence-electron chi connectivity index (χ3n) is 4.01. The lowest BCUT2D eigenvalue weighted by atomic mass is 10.0. The molecule has 1 saturated heterocycles. The molecule has 110 valence electrons. The van der Waals surface area contributed by atoms with Gasteiger partial charge in [0, 0.05) is 13.0 Å². The van der Waals surface area contributed by atoms with Gasteiger partial charge in [0.2, 0.25) is 5.91 Å². The Morgan fingerprint density at radius 2 is 1.95 bits per heavy atom. The van der Waals surface area contributed by atoms with Crippen LogP contribution in [0.1, 0.15) is 49.0 Å². The van der Waals surface area contributed by atoms with Gasteiger partial charge in [-0.1, -0.05) is 42.7 Å². The van der Waals surface area contributed by atoms with Crippen LogP contribution in [0.4, 0.5) is 0 Å². The zero-order valence-electron chi connectivity index (χ0n) is 12.7. The van der Waals surface area contributed by atoms with Crippen molar-refractivity contribution in [1.29, 1.82) is 0 Å². The minimum absolute atomic E-state index is 0.187. The van der Waals surface area contributed by atoms with E-state index in [0.29, 0.717) is 18.9 Å². The van der Waals surface area contributed by atoms with Crippen LogP contribution in [-0.2, 0) is 4.79 Å². The number of hydrogen-bond acceptors (Lipinski definition) is 2. The Hall–Kier alpha value is -1.35. The molecule has 1 aromatic carbocycles. The second-order valence-corrected chi connectivity index (χ2v) is 6.09. The maximum atomic E-state index is 12.0. The number of β-amino-alcohol motifs (C(OH)–C–C–N with tert-alkyl or cyclic N) is 1. The van der Waals surface area contributed by atoms with Crippen molar-refractivity contribution in [3.05, 3.63) is 34.9 Å². The molecule has 1 N–H and O–H groups in total. The summed E-state index contributed by atoms with van der Waals surface area (Å²) < 4.78 is 0. The molecule has 0 bridgehead atoms. The van der Waals surface area contributed by atoms with E-state index in [1.807, 2.05) is 30.9 Å². The first-order chi connectivity index (χ1) is 9.49. The fraction of sp³-hybridized carbons (Fsp3) is 0.588. The van der Waals surface area contributed by atoms with Crippen molar-refractivity contribution in [1.82, 2.24) is 4.90 Å². The molecule has 3 nitrogen and oxygen atoms in total. The number of amides is 1. The molecule has 2 atom stereocenters. The molecule has 2 rings (SSSR count). The second-order valence-electron chi connectivity index (χ2n) is 6.09. The number of aliphatic hydroxyl groups is 1. The molecule has 0 radical (unpaired) electrons. The van der Waals surface area contributed by atoms with Crippen molar-refractivity contribution in [2.75, 3.05) is 13.1 Å². The number of carbonyl (C=O) groups is 1. The van der Waals surface area contributed by atoms with Crippen LogP contribution in [0, 0.1) is 19.8 Å². The summed E-state index contributed by atoms with van der Waals surface area (Å²) in [5.41, 5.74) is 3.21. The summed E-state index contributed by atoms with van der Waals surface area (Å²) in [7, 11) is 0. The van der Waals surface area contributed by atoms with E-state index >= 15 is 0 Å². The Morgan fingerprint density at radius 3 is 2.55 bits per heavy atom. The predicted octanol–water partition coefficient (Wildman–Crippen LogP) is 2.99. The molecule has 1 aromatic rings. The van der Waals surface area contributed by atoms with Gasteiger partial charge in [0.05, 0.1) is 12.6 Å². The topological polar surface area (TPSA) is 40.5 Å². The number of benzene rings is 1. The summed E-state index contributed by atoms with van der Waals surface area (Å²) in [4.78, 5) is 13.8. The molecule has 1 aliphatic heterocycles. The first-order valence-electron chi connectivity index (χ1n) is 7.53. The van der Waals surface area contributed by atoms with E-state index in [9.17, 15) is 9.90 Å². The molecule has 0 spiro atoms. The number of nitrogens with zero attached hydrogens (tertiary/aromatic N) is 1. The zero-order valence-corrected chi connectivity index (χ0v) is 12.7. The molecular formula is C17H25NO2. The highest BCUT2D eigenvalue weighted by molar-refractivity contribution is 5.78. The van der Waals surface area contributed by atoms with Crippen LogP contribution in [0.2, 0.25) is 0 Å². The van der Waals surface area contributed by atoms with Crippen molar-refractivity contribution in [2.24, 2.45) is 5.92 Å². The third kappa shape index (κ3) is 3.60. The van der Waals surface area contributed by atoms with Crippen molar-refractivity contribution >= 4 is 5.91 Å². The SMILES string of the molecule is CCCC1CC(=O)N(CC(O)c2cc(C)cc(C)c2)C1. The number of aryl methyl sites for hydroxylation is 2. The van der Waals surface area contributed by atoms with E-state index in [1.54, 1.807) is 0 Å². The van der Waals surface area contributed by atoms with E-state index in [2.05, 4.69) is 13.0 Å². The highest BCUT2D eigenvalue weighted by Gasteiger charge is 2.30. The van der Waals surface area contributed by atoms with Crippen molar-refractivity contribution in [3.63, 3.8) is 0 Å². The van der Waals surface area contributed by atoms with Gasteiger partial charge in [0.15, 0.2) is 0 Å². The van der Waals surface area contributed by atoms with Crippen molar-refractivity contribution < 1.29 is 9.90 Å². The summed E-state index contributed by atoms with van der Waals surface area (Å²) in [5, 5.41) is 10.4. The Labute approximate surface area is 121 Å². The van der Waals surface area contributed by atoms with Gasteiger partial charge in [-0.2, -0.15) is 0 Å². The van der Waals surface area contributed by atoms with Gasteiger partial charge < -0.3 is 10.0 Å². The average molecular weight is 275 g/mol. The highest BCUT2D eigenvalue weighted by atomic mass is 16.3. The van der Waals surface area contributed by atoms with Gasteiger partial charge in [-0.05, 0) is 31.7 Å². The van der Waals surface area contributed by atoms with Crippen LogP contribution < -0.4 is 0 Å². The smallest absolute Gasteiger partial charge is 0.223 e. The predicted molar refractivity (Wildman–Crippen MR) is 80.5 cm³/mol. The molecule has 0 saturated carbocycles. The summed E-state index contributed by atoms with van der Waals surface area (Å²) >= 11 is 0. The van der Waals surface area contributed by atoms with Gasteiger partial charge >= 0.3 is 0 Å². The van der Waals surface area contributed by atoms with Crippen molar-refractivity contribution in [2.45, 2.75) is 46.1 Å². The molecule has 0 aromatic heterocycles. The number of rotatable bonds is 5. The monoisotopic (exact) mass is 275 g/mol. The Kier molecular flexibility index (Phi) is 4.81. The van der Waals surface area contributed by atoms with Crippen LogP contribution in [0.25, 0.3) is 0 Å². The highest BCUT2D eigenvalue weighted by Crippen LogP contribution is 2.25. The molecule has 1 amide bonds. The fourth-order valence-electron chi connectivity index (χ4n) is 3.15. The lowest BCUT2D eigenvalue weighted by Crippen LogP contribution is -2.30. The Morgan fingerprint density at radius 1 is 1.30 bits per heavy atom. The first-order valence-corrected chi connectivity index (χ1v) is 7.53. The Balaban J connectivity index is 2.00. The quantitative estimate of drug-likeness (QED) is 0.897. The Bertz CT molecular complexity index is 464. The average Bonchev–Trinajstić information content (AvgIpc) is 2.69.